The predicted molar refractivity (Wildman–Crippen MR) is 121 cm³/mol. The van der Waals surface area contributed by atoms with Gasteiger partial charge in [0.25, 0.3) is 0 Å². The summed E-state index contributed by atoms with van der Waals surface area (Å²) in [4.78, 5) is 16.9. The molecule has 1 aromatic carbocycles. The summed E-state index contributed by atoms with van der Waals surface area (Å²) in [6.07, 6.45) is 0.468. The van der Waals surface area contributed by atoms with Crippen LogP contribution in [-0.2, 0) is 23.7 Å². The predicted octanol–water partition coefficient (Wildman–Crippen LogP) is 3.72. The van der Waals surface area contributed by atoms with Crippen molar-refractivity contribution < 1.29 is 23.7 Å². The number of para-hydroxylation sites is 1. The maximum Gasteiger partial charge on any atom is 0.235 e. The van der Waals surface area contributed by atoms with Gasteiger partial charge in [0.15, 0.2) is 17.2 Å². The monoisotopic (exact) mass is 468 g/mol. The van der Waals surface area contributed by atoms with Gasteiger partial charge >= 0.3 is 0 Å². The summed E-state index contributed by atoms with van der Waals surface area (Å²) in [7, 11) is 1.63. The van der Waals surface area contributed by atoms with Gasteiger partial charge in [0.2, 0.25) is 5.91 Å². The largest absolute Gasteiger partial charge is 0.376 e. The van der Waals surface area contributed by atoms with Crippen molar-refractivity contribution in [2.75, 3.05) is 18.6 Å². The van der Waals surface area contributed by atoms with Crippen LogP contribution in [0.15, 0.2) is 24.3 Å². The minimum Gasteiger partial charge on any atom is -0.376 e. The molecule has 0 radical (unpaired) electrons. The second-order valence-electron chi connectivity index (χ2n) is 8.55. The third-order valence-electron chi connectivity index (χ3n) is 5.99. The number of methoxy groups -OCH3 is 1. The van der Waals surface area contributed by atoms with E-state index in [1.54, 1.807) is 13.2 Å². The number of amides is 1. The van der Waals surface area contributed by atoms with Crippen LogP contribution in [0, 0.1) is 0 Å². The fourth-order valence-electron chi connectivity index (χ4n) is 4.59. The Morgan fingerprint density at radius 1 is 1.26 bits per heavy atom. The van der Waals surface area contributed by atoms with Gasteiger partial charge in [0, 0.05) is 13.7 Å². The van der Waals surface area contributed by atoms with Crippen LogP contribution in [0.2, 0.25) is 5.02 Å². The Morgan fingerprint density at radius 2 is 2.00 bits per heavy atom. The molecule has 4 rings (SSSR count). The molecule has 170 valence electrons. The Bertz CT molecular complexity index is 853. The molecule has 0 aliphatic carbocycles. The first-order valence-corrected chi connectivity index (χ1v) is 11.5. The average molecular weight is 469 g/mol. The molecule has 31 heavy (non-hydrogen) atoms. The molecule has 3 saturated heterocycles. The highest BCUT2D eigenvalue weighted by Gasteiger charge is 2.58. The smallest absolute Gasteiger partial charge is 0.235 e. The van der Waals surface area contributed by atoms with Crippen LogP contribution in [0.3, 0.4) is 0 Å². The summed E-state index contributed by atoms with van der Waals surface area (Å²) in [6, 6.07) is 6.96. The van der Waals surface area contributed by atoms with Crippen molar-refractivity contribution in [2.24, 2.45) is 0 Å². The molecule has 0 spiro atoms. The van der Waals surface area contributed by atoms with E-state index < -0.39 is 18.2 Å². The molecule has 3 heterocycles. The van der Waals surface area contributed by atoms with Crippen molar-refractivity contribution in [2.45, 2.75) is 76.5 Å². The van der Waals surface area contributed by atoms with Gasteiger partial charge in [-0.1, -0.05) is 37.1 Å². The zero-order chi connectivity index (χ0) is 22.3. The van der Waals surface area contributed by atoms with E-state index in [0.717, 1.165) is 12.8 Å². The molecule has 5 atom stereocenters. The van der Waals surface area contributed by atoms with E-state index in [4.69, 9.17) is 42.8 Å². The number of rotatable bonds is 6. The quantitative estimate of drug-likeness (QED) is 0.589. The third-order valence-corrected chi connectivity index (χ3v) is 6.73. The van der Waals surface area contributed by atoms with Gasteiger partial charge in [-0.2, -0.15) is 0 Å². The second-order valence-corrected chi connectivity index (χ2v) is 9.32. The maximum absolute atomic E-state index is 13.3. The molecule has 3 aliphatic heterocycles. The maximum atomic E-state index is 13.3. The number of thiocarbonyl (C=S) groups is 1. The van der Waals surface area contributed by atoms with Crippen molar-refractivity contribution in [3.8, 4) is 0 Å². The van der Waals surface area contributed by atoms with Crippen LogP contribution in [0.4, 0.5) is 5.69 Å². The molecular weight excluding hydrogens is 440 g/mol. The van der Waals surface area contributed by atoms with Gasteiger partial charge in [0.1, 0.15) is 18.3 Å². The summed E-state index contributed by atoms with van der Waals surface area (Å²) in [5, 5.41) is 0.915. The summed E-state index contributed by atoms with van der Waals surface area (Å²) < 4.78 is 24.0. The number of nitrogens with zero attached hydrogens (tertiary/aromatic N) is 2. The summed E-state index contributed by atoms with van der Waals surface area (Å²) in [6.45, 7) is 6.53. The molecule has 0 saturated carbocycles. The highest BCUT2D eigenvalue weighted by Crippen LogP contribution is 2.42. The van der Waals surface area contributed by atoms with Gasteiger partial charge in [-0.3, -0.25) is 9.69 Å². The van der Waals surface area contributed by atoms with Crippen LogP contribution in [0.1, 0.15) is 40.0 Å². The number of hydrogen-bond donors (Lipinski definition) is 0. The summed E-state index contributed by atoms with van der Waals surface area (Å²) >= 11 is 12.2. The Kier molecular flexibility index (Phi) is 6.59. The minimum atomic E-state index is -0.739. The molecule has 1 unspecified atom stereocenters. The van der Waals surface area contributed by atoms with Crippen LogP contribution in [0.5, 0.6) is 0 Å². The van der Waals surface area contributed by atoms with Crippen LogP contribution in [0.25, 0.3) is 0 Å². The van der Waals surface area contributed by atoms with E-state index in [2.05, 4.69) is 11.8 Å². The van der Waals surface area contributed by atoms with Gasteiger partial charge < -0.3 is 23.8 Å². The van der Waals surface area contributed by atoms with Gasteiger partial charge in [0.05, 0.1) is 23.2 Å². The Labute approximate surface area is 193 Å². The van der Waals surface area contributed by atoms with E-state index in [1.165, 1.54) is 4.90 Å². The van der Waals surface area contributed by atoms with Crippen LogP contribution >= 0.6 is 23.8 Å². The van der Waals surface area contributed by atoms with Crippen molar-refractivity contribution in [3.05, 3.63) is 29.3 Å². The van der Waals surface area contributed by atoms with E-state index in [0.29, 0.717) is 22.4 Å². The SMILES string of the molecule is CCCCN1C(=S)N(c2ccccc2Cl)C(=O)CC1[C@H]1O[C@@H]2OC(C)(C)O[C@@H]2[C@H]1OC. The van der Waals surface area contributed by atoms with Crippen molar-refractivity contribution >= 4 is 40.5 Å². The van der Waals surface area contributed by atoms with Gasteiger partial charge in [-0.15, -0.1) is 0 Å². The number of hydrogen-bond acceptors (Lipinski definition) is 6. The Morgan fingerprint density at radius 3 is 2.68 bits per heavy atom. The third kappa shape index (κ3) is 4.21. The van der Waals surface area contributed by atoms with Crippen molar-refractivity contribution in [3.63, 3.8) is 0 Å². The van der Waals surface area contributed by atoms with E-state index in [-0.39, 0.29) is 30.6 Å². The normalized spacial score (nSPS) is 32.6. The molecule has 1 aromatic rings. The molecule has 7 nitrogen and oxygen atoms in total. The molecular formula is C22H29ClN2O5S. The fraction of sp³-hybridized carbons (Fsp3) is 0.636. The van der Waals surface area contributed by atoms with Crippen LogP contribution < -0.4 is 4.90 Å². The lowest BCUT2D eigenvalue weighted by Crippen LogP contribution is -2.62. The number of benzene rings is 1. The van der Waals surface area contributed by atoms with Crippen molar-refractivity contribution in [1.82, 2.24) is 4.90 Å². The number of carbonyl (C=O) groups excluding carboxylic acids is 1. The molecule has 3 fully saturated rings. The minimum absolute atomic E-state index is 0.117. The number of halogens is 1. The first kappa shape index (κ1) is 22.9. The number of carbonyl (C=O) groups is 1. The Hall–Kier alpha value is -1.29. The molecule has 1 amide bonds. The number of ether oxygens (including phenoxy) is 4. The van der Waals surface area contributed by atoms with Gasteiger partial charge in [-0.05, 0) is 44.6 Å². The second kappa shape index (κ2) is 8.92. The zero-order valence-corrected chi connectivity index (χ0v) is 19.8. The average Bonchev–Trinajstić information content (AvgIpc) is 3.19. The summed E-state index contributed by atoms with van der Waals surface area (Å²) in [5.41, 5.74) is 0.597. The first-order valence-electron chi connectivity index (χ1n) is 10.7. The molecule has 3 aliphatic rings. The number of anilines is 1. The van der Waals surface area contributed by atoms with E-state index >= 15 is 0 Å². The first-order chi connectivity index (χ1) is 14.8. The lowest BCUT2D eigenvalue weighted by atomic mass is 9.96. The standard InChI is InChI=1S/C22H29ClN2O5S/c1-5-6-11-24-15(17-18(27-4)19-20(28-17)30-22(2,3)29-19)12-16(26)25(21(24)31)14-10-8-7-9-13(14)23/h7-10,15,17-20H,5-6,11-12H2,1-4H3/t15?,17-,18+,19-,20-/m1/s1. The lowest BCUT2D eigenvalue weighted by Gasteiger charge is -2.45. The number of fused-ring (bicyclic) bond motifs is 1. The summed E-state index contributed by atoms with van der Waals surface area (Å²) in [5.74, 6) is -0.856. The highest BCUT2D eigenvalue weighted by atomic mass is 35.5. The fourth-order valence-corrected chi connectivity index (χ4v) is 5.24. The molecule has 0 N–H and O–H groups in total. The number of unbranched alkanes of at least 4 members (excludes halogenated alkanes) is 1. The van der Waals surface area contributed by atoms with E-state index in [1.807, 2.05) is 32.0 Å². The topological polar surface area (TPSA) is 60.5 Å². The van der Waals surface area contributed by atoms with Gasteiger partial charge in [-0.25, -0.2) is 0 Å². The molecule has 9 heteroatoms. The molecule has 0 aromatic heterocycles. The molecule has 0 bridgehead atoms. The van der Waals surface area contributed by atoms with E-state index in [9.17, 15) is 4.79 Å². The highest BCUT2D eigenvalue weighted by molar-refractivity contribution is 7.80. The lowest BCUT2D eigenvalue weighted by molar-refractivity contribution is -0.222. The van der Waals surface area contributed by atoms with Crippen molar-refractivity contribution in [1.29, 1.82) is 0 Å². The van der Waals surface area contributed by atoms with Crippen LogP contribution in [-0.4, -0.2) is 66.0 Å². The zero-order valence-electron chi connectivity index (χ0n) is 18.2. The Balaban J connectivity index is 1.63.